The summed E-state index contributed by atoms with van der Waals surface area (Å²) in [5, 5.41) is 8.08. The number of rotatable bonds is 6. The number of amides is 1. The molecule has 126 valence electrons. The Balaban J connectivity index is 1.97. The quantitative estimate of drug-likeness (QED) is 0.677. The fraction of sp³-hybridized carbons (Fsp3) is 0.100. The second kappa shape index (κ2) is 7.81. The smallest absolute Gasteiger partial charge is 0.255 e. The van der Waals surface area contributed by atoms with Crippen molar-refractivity contribution in [3.63, 3.8) is 0 Å². The van der Waals surface area contributed by atoms with E-state index >= 15 is 0 Å². The summed E-state index contributed by atoms with van der Waals surface area (Å²) in [6.07, 6.45) is 3.42. The molecule has 0 saturated heterocycles. The number of hydrogen-bond donors (Lipinski definition) is 1. The molecule has 1 heterocycles. The molecule has 25 heavy (non-hydrogen) atoms. The molecule has 4 nitrogen and oxygen atoms in total. The number of benzene rings is 2. The molecule has 0 spiro atoms. The van der Waals surface area contributed by atoms with Gasteiger partial charge in [0.05, 0.1) is 12.1 Å². The molecule has 0 aliphatic heterocycles. The molecule has 3 aromatic rings. The average Bonchev–Trinajstić information content (AvgIpc) is 3.05. The van der Waals surface area contributed by atoms with Gasteiger partial charge in [0.25, 0.3) is 5.91 Å². The zero-order valence-electron chi connectivity index (χ0n) is 13.7. The first kappa shape index (κ1) is 17.0. The zero-order chi connectivity index (χ0) is 17.6. The van der Waals surface area contributed by atoms with Crippen molar-refractivity contribution in [2.24, 2.45) is 0 Å². The summed E-state index contributed by atoms with van der Waals surface area (Å²) in [4.78, 5) is 12.5. The molecule has 5 heteroatoms. The van der Waals surface area contributed by atoms with E-state index in [0.29, 0.717) is 29.4 Å². The van der Waals surface area contributed by atoms with Crippen molar-refractivity contribution >= 4 is 17.5 Å². The van der Waals surface area contributed by atoms with Gasteiger partial charge in [0.2, 0.25) is 0 Å². The molecule has 0 bridgehead atoms. The molecule has 2 aromatic carbocycles. The van der Waals surface area contributed by atoms with Gasteiger partial charge in [0, 0.05) is 23.3 Å². The Hall–Kier alpha value is -2.85. The number of halogens is 1. The Morgan fingerprint density at radius 1 is 1.16 bits per heavy atom. The molecule has 0 radical (unpaired) electrons. The van der Waals surface area contributed by atoms with E-state index in [0.717, 1.165) is 11.1 Å². The Kier molecular flexibility index (Phi) is 5.31. The Morgan fingerprint density at radius 3 is 2.56 bits per heavy atom. The van der Waals surface area contributed by atoms with Crippen LogP contribution in [0.15, 0.2) is 73.4 Å². The normalized spacial score (nSPS) is 10.4. The van der Waals surface area contributed by atoms with Crippen molar-refractivity contribution in [3.8, 4) is 11.3 Å². The van der Waals surface area contributed by atoms with Crippen molar-refractivity contribution in [1.82, 2.24) is 15.1 Å². The van der Waals surface area contributed by atoms with E-state index in [2.05, 4.69) is 17.0 Å². The van der Waals surface area contributed by atoms with E-state index in [1.807, 2.05) is 42.5 Å². The minimum absolute atomic E-state index is 0.177. The third kappa shape index (κ3) is 4.17. The summed E-state index contributed by atoms with van der Waals surface area (Å²) in [5.74, 6) is -0.177. The van der Waals surface area contributed by atoms with Gasteiger partial charge >= 0.3 is 0 Å². The number of nitrogens with zero attached hydrogens (tertiary/aromatic N) is 2. The summed E-state index contributed by atoms with van der Waals surface area (Å²) in [5.41, 5.74) is 3.12. The number of nitrogens with one attached hydrogen (secondary N) is 1. The van der Waals surface area contributed by atoms with Crippen LogP contribution in [0.25, 0.3) is 11.3 Å². The highest BCUT2D eigenvalue weighted by Crippen LogP contribution is 2.24. The maximum Gasteiger partial charge on any atom is 0.255 e. The lowest BCUT2D eigenvalue weighted by Crippen LogP contribution is -2.23. The maximum atomic E-state index is 12.5. The number of hydrogen-bond acceptors (Lipinski definition) is 2. The minimum atomic E-state index is -0.177. The molecule has 0 unspecified atom stereocenters. The standard InChI is InChI=1S/C20H18ClN3O/c1-2-12-22-20(25)18-14-24(13-15-6-4-3-5-7-15)23-19(18)16-8-10-17(21)11-9-16/h2-11,14H,1,12-13H2,(H,22,25). The fourth-order valence-electron chi connectivity index (χ4n) is 2.52. The highest BCUT2D eigenvalue weighted by molar-refractivity contribution is 6.30. The number of carbonyl (C=O) groups is 1. The first-order valence-electron chi connectivity index (χ1n) is 7.94. The molecular formula is C20H18ClN3O. The third-order valence-electron chi connectivity index (χ3n) is 3.72. The first-order chi connectivity index (χ1) is 12.2. The van der Waals surface area contributed by atoms with Gasteiger partial charge in [0.15, 0.2) is 0 Å². The largest absolute Gasteiger partial charge is 0.348 e. The van der Waals surface area contributed by atoms with Gasteiger partial charge in [-0.05, 0) is 17.7 Å². The average molecular weight is 352 g/mol. The predicted molar refractivity (Wildman–Crippen MR) is 101 cm³/mol. The van der Waals surface area contributed by atoms with Gasteiger partial charge in [-0.25, -0.2) is 0 Å². The lowest BCUT2D eigenvalue weighted by molar-refractivity contribution is 0.0958. The van der Waals surface area contributed by atoms with Crippen molar-refractivity contribution in [2.75, 3.05) is 6.54 Å². The maximum absolute atomic E-state index is 12.5. The third-order valence-corrected chi connectivity index (χ3v) is 3.97. The molecule has 0 aliphatic carbocycles. The van der Waals surface area contributed by atoms with Gasteiger partial charge in [0.1, 0.15) is 5.69 Å². The monoisotopic (exact) mass is 351 g/mol. The minimum Gasteiger partial charge on any atom is -0.348 e. The van der Waals surface area contributed by atoms with Crippen LogP contribution in [0.4, 0.5) is 0 Å². The Morgan fingerprint density at radius 2 is 1.88 bits per heavy atom. The van der Waals surface area contributed by atoms with Crippen LogP contribution in [0.3, 0.4) is 0 Å². The van der Waals surface area contributed by atoms with Gasteiger partial charge in [-0.15, -0.1) is 6.58 Å². The van der Waals surface area contributed by atoms with E-state index in [1.54, 1.807) is 29.1 Å². The van der Waals surface area contributed by atoms with Gasteiger partial charge < -0.3 is 5.32 Å². The van der Waals surface area contributed by atoms with Crippen LogP contribution in [0.5, 0.6) is 0 Å². The van der Waals surface area contributed by atoms with Crippen LogP contribution in [-0.2, 0) is 6.54 Å². The number of aromatic nitrogens is 2. The second-order valence-electron chi connectivity index (χ2n) is 5.58. The predicted octanol–water partition coefficient (Wildman–Crippen LogP) is 4.17. The molecular weight excluding hydrogens is 334 g/mol. The van der Waals surface area contributed by atoms with Crippen LogP contribution in [0.1, 0.15) is 15.9 Å². The summed E-state index contributed by atoms with van der Waals surface area (Å²) in [6, 6.07) is 17.3. The molecule has 1 amide bonds. The molecule has 1 aromatic heterocycles. The van der Waals surface area contributed by atoms with Gasteiger partial charge in [-0.1, -0.05) is 60.1 Å². The molecule has 3 rings (SSSR count). The van der Waals surface area contributed by atoms with E-state index in [-0.39, 0.29) is 5.91 Å². The SMILES string of the molecule is C=CCNC(=O)c1cn(Cc2ccccc2)nc1-c1ccc(Cl)cc1. The van der Waals surface area contributed by atoms with E-state index < -0.39 is 0 Å². The second-order valence-corrected chi connectivity index (χ2v) is 6.02. The van der Waals surface area contributed by atoms with E-state index in [4.69, 9.17) is 11.6 Å². The lowest BCUT2D eigenvalue weighted by atomic mass is 10.1. The Labute approximate surface area is 151 Å². The van der Waals surface area contributed by atoms with E-state index in [9.17, 15) is 4.79 Å². The van der Waals surface area contributed by atoms with Crippen molar-refractivity contribution in [1.29, 1.82) is 0 Å². The summed E-state index contributed by atoms with van der Waals surface area (Å²) in [7, 11) is 0. The molecule has 0 atom stereocenters. The highest BCUT2D eigenvalue weighted by Gasteiger charge is 2.17. The lowest BCUT2D eigenvalue weighted by Gasteiger charge is -2.03. The molecule has 1 N–H and O–H groups in total. The van der Waals surface area contributed by atoms with Crippen LogP contribution >= 0.6 is 11.6 Å². The first-order valence-corrected chi connectivity index (χ1v) is 8.31. The highest BCUT2D eigenvalue weighted by atomic mass is 35.5. The Bertz CT molecular complexity index is 870. The summed E-state index contributed by atoms with van der Waals surface area (Å²) in [6.45, 7) is 4.63. The summed E-state index contributed by atoms with van der Waals surface area (Å²) >= 11 is 5.97. The van der Waals surface area contributed by atoms with Crippen LogP contribution < -0.4 is 5.32 Å². The van der Waals surface area contributed by atoms with Gasteiger partial charge in [-0.2, -0.15) is 5.10 Å². The summed E-state index contributed by atoms with van der Waals surface area (Å²) < 4.78 is 1.78. The van der Waals surface area contributed by atoms with Crippen molar-refractivity contribution in [3.05, 3.63) is 89.6 Å². The van der Waals surface area contributed by atoms with Crippen molar-refractivity contribution in [2.45, 2.75) is 6.54 Å². The topological polar surface area (TPSA) is 46.9 Å². The van der Waals surface area contributed by atoms with Crippen molar-refractivity contribution < 1.29 is 4.79 Å². The molecule has 0 fully saturated rings. The van der Waals surface area contributed by atoms with Gasteiger partial charge in [-0.3, -0.25) is 9.48 Å². The molecule has 0 saturated carbocycles. The number of carbonyl (C=O) groups excluding carboxylic acids is 1. The van der Waals surface area contributed by atoms with E-state index in [1.165, 1.54) is 0 Å². The van der Waals surface area contributed by atoms with Crippen LogP contribution in [-0.4, -0.2) is 22.2 Å². The zero-order valence-corrected chi connectivity index (χ0v) is 14.4. The van der Waals surface area contributed by atoms with Crippen LogP contribution in [0.2, 0.25) is 5.02 Å². The van der Waals surface area contributed by atoms with Crippen LogP contribution in [0, 0.1) is 0 Å². The fourth-order valence-corrected chi connectivity index (χ4v) is 2.65. The molecule has 0 aliphatic rings.